The van der Waals surface area contributed by atoms with Crippen LogP contribution in [-0.2, 0) is 32.5 Å². The van der Waals surface area contributed by atoms with E-state index in [1.807, 2.05) is 0 Å². The number of aromatic nitrogens is 2. The molecule has 0 atom stereocenters. The molecule has 0 amide bonds. The molecule has 11 rings (SSSR count). The molecular formula is C66H72N2. The van der Waals surface area contributed by atoms with Crippen molar-refractivity contribution in [1.29, 1.82) is 0 Å². The normalized spacial score (nSPS) is 14.0. The molecule has 2 nitrogen and oxygen atoms in total. The summed E-state index contributed by atoms with van der Waals surface area (Å²) in [5.41, 5.74) is 21.1. The molecule has 11 aromatic rings. The molecule has 0 saturated carbocycles. The van der Waals surface area contributed by atoms with Crippen molar-refractivity contribution in [2.75, 3.05) is 0 Å². The van der Waals surface area contributed by atoms with Crippen molar-refractivity contribution in [1.82, 2.24) is 8.80 Å². The van der Waals surface area contributed by atoms with Crippen molar-refractivity contribution in [2.45, 2.75) is 157 Å². The van der Waals surface area contributed by atoms with Gasteiger partial charge in [-0.1, -0.05) is 234 Å². The first-order valence-electron chi connectivity index (χ1n) is 25.3. The van der Waals surface area contributed by atoms with Gasteiger partial charge in [0.2, 0.25) is 0 Å². The lowest BCUT2D eigenvalue weighted by Gasteiger charge is -2.26. The summed E-state index contributed by atoms with van der Waals surface area (Å²) in [6.45, 7) is 42.6. The van der Waals surface area contributed by atoms with E-state index >= 15 is 0 Å². The van der Waals surface area contributed by atoms with Gasteiger partial charge in [0.15, 0.2) is 0 Å². The van der Waals surface area contributed by atoms with Crippen LogP contribution in [0, 0.1) is 0 Å². The number of para-hydroxylation sites is 4. The van der Waals surface area contributed by atoms with Gasteiger partial charge in [0.05, 0.1) is 33.1 Å². The molecular weight excluding hydrogens is 821 g/mol. The Morgan fingerprint density at radius 2 is 0.529 bits per heavy atom. The van der Waals surface area contributed by atoms with Crippen LogP contribution in [0.5, 0.6) is 0 Å². The third-order valence-electron chi connectivity index (χ3n) is 15.6. The van der Waals surface area contributed by atoms with Crippen molar-refractivity contribution in [3.63, 3.8) is 0 Å². The highest BCUT2D eigenvalue weighted by molar-refractivity contribution is 6.46. The molecule has 0 bridgehead atoms. The summed E-state index contributed by atoms with van der Waals surface area (Å²) >= 11 is 0. The van der Waals surface area contributed by atoms with Crippen LogP contribution >= 0.6 is 0 Å². The Morgan fingerprint density at radius 3 is 0.794 bits per heavy atom. The number of hydrogen-bond donors (Lipinski definition) is 0. The first-order valence-corrected chi connectivity index (χ1v) is 25.3. The second-order valence-electron chi connectivity index (χ2n) is 26.8. The second-order valence-corrected chi connectivity index (χ2v) is 26.8. The fraction of sp³-hybridized carbons (Fsp3) is 0.364. The number of nitrogens with zero attached hydrogens (tertiary/aromatic N) is 2. The minimum absolute atomic E-state index is 0.0109. The van der Waals surface area contributed by atoms with Crippen LogP contribution in [0.2, 0.25) is 0 Å². The maximum Gasteiger partial charge on any atom is 0.0635 e. The van der Waals surface area contributed by atoms with E-state index < -0.39 is 0 Å². The predicted molar refractivity (Wildman–Crippen MR) is 299 cm³/mol. The molecule has 4 heterocycles. The lowest BCUT2D eigenvalue weighted by molar-refractivity contribution is 0.568. The van der Waals surface area contributed by atoms with Gasteiger partial charge in [-0.2, -0.15) is 0 Å². The minimum atomic E-state index is -0.103. The molecule has 0 aliphatic rings. The van der Waals surface area contributed by atoms with Crippen LogP contribution in [0.15, 0.2) is 109 Å². The Balaban J connectivity index is 1.44. The lowest BCUT2D eigenvalue weighted by atomic mass is 9.78. The number of rotatable bonds is 2. The quantitative estimate of drug-likeness (QED) is 0.163. The molecule has 2 heteroatoms. The van der Waals surface area contributed by atoms with Crippen molar-refractivity contribution in [3.05, 3.63) is 143 Å². The van der Waals surface area contributed by atoms with E-state index in [0.717, 1.165) is 0 Å². The summed E-state index contributed by atoms with van der Waals surface area (Å²) in [6, 6.07) is 43.5. The van der Waals surface area contributed by atoms with Gasteiger partial charge in [0.1, 0.15) is 0 Å². The predicted octanol–water partition coefficient (Wildman–Crippen LogP) is 19.1. The average Bonchev–Trinajstić information content (AvgIpc) is 3.97. The largest absolute Gasteiger partial charge is 0.307 e. The monoisotopic (exact) mass is 893 g/mol. The first kappa shape index (κ1) is 44.6. The molecule has 0 spiro atoms. The van der Waals surface area contributed by atoms with Crippen molar-refractivity contribution in [2.24, 2.45) is 0 Å². The van der Waals surface area contributed by atoms with Crippen LogP contribution in [-0.4, -0.2) is 8.80 Å². The fourth-order valence-electron chi connectivity index (χ4n) is 11.8. The molecule has 7 aromatic carbocycles. The van der Waals surface area contributed by atoms with Crippen LogP contribution < -0.4 is 0 Å². The zero-order valence-electron chi connectivity index (χ0n) is 44.3. The van der Waals surface area contributed by atoms with Crippen molar-refractivity contribution < 1.29 is 0 Å². The molecule has 0 saturated heterocycles. The maximum absolute atomic E-state index is 2.74. The van der Waals surface area contributed by atoms with Crippen molar-refractivity contribution >= 4 is 76.2 Å². The third kappa shape index (κ3) is 6.34. The van der Waals surface area contributed by atoms with Crippen molar-refractivity contribution in [3.8, 4) is 22.3 Å². The summed E-state index contributed by atoms with van der Waals surface area (Å²) in [6.07, 6.45) is 0. The highest BCUT2D eigenvalue weighted by Gasteiger charge is 2.34. The molecule has 0 radical (unpaired) electrons. The number of benzene rings is 7. The van der Waals surface area contributed by atoms with E-state index in [-0.39, 0.29) is 32.5 Å². The summed E-state index contributed by atoms with van der Waals surface area (Å²) < 4.78 is 5.48. The van der Waals surface area contributed by atoms with E-state index in [9.17, 15) is 0 Å². The Hall–Kier alpha value is -5.86. The van der Waals surface area contributed by atoms with Gasteiger partial charge in [-0.05, 0) is 77.0 Å². The Labute approximate surface area is 405 Å². The third-order valence-corrected chi connectivity index (χ3v) is 15.6. The van der Waals surface area contributed by atoms with E-state index in [1.54, 1.807) is 0 Å². The summed E-state index contributed by atoms with van der Waals surface area (Å²) in [5, 5.41) is 10.8. The molecule has 4 aromatic heterocycles. The minimum Gasteiger partial charge on any atom is -0.307 e. The van der Waals surface area contributed by atoms with Crippen LogP contribution in [0.25, 0.3) is 98.4 Å². The van der Waals surface area contributed by atoms with Crippen LogP contribution in [0.3, 0.4) is 0 Å². The lowest BCUT2D eigenvalue weighted by Crippen LogP contribution is -2.16. The Kier molecular flexibility index (Phi) is 9.12. The van der Waals surface area contributed by atoms with Gasteiger partial charge in [-0.3, -0.25) is 0 Å². The van der Waals surface area contributed by atoms with Gasteiger partial charge in [0.25, 0.3) is 0 Å². The summed E-state index contributed by atoms with van der Waals surface area (Å²) in [4.78, 5) is 0. The fourth-order valence-corrected chi connectivity index (χ4v) is 11.8. The van der Waals surface area contributed by atoms with E-state index in [4.69, 9.17) is 0 Å². The van der Waals surface area contributed by atoms with E-state index in [1.165, 1.54) is 132 Å². The number of hydrogen-bond acceptors (Lipinski definition) is 0. The standard InChI is InChI=1S/C66H72N2/c1-61(2,3)39-31-37(32-40(35-39)62(4,5)6)43-23-19-25-45-51-53-48-28-22-30-50(66(16,17)18)58(48)68-56-44(38-33-41(63(7,8)9)36-42(34-38)64(10,11)12)24-20-26-46(56)52(60(53)68)54-47-27-21-29-49(65(13,14)15)57(47)67(55(43)45)59(51)54/h19-36H,1-18H3. The van der Waals surface area contributed by atoms with Gasteiger partial charge >= 0.3 is 0 Å². The highest BCUT2D eigenvalue weighted by atomic mass is 15.0. The van der Waals surface area contributed by atoms with E-state index in [0.29, 0.717) is 0 Å². The SMILES string of the molecule is CC(C)(C)c1cc(-c2cccc3c4c5c6cccc(C(C)(C)C)c6n6c7c(-c8cc(C(C)(C)C)cc(C(C)(C)C)c8)cccc7c(c7c8cccc(C(C)(C)C)c8n(c23)c47)c56)cc(C(C)(C)C)c1. The first-order chi connectivity index (χ1) is 31.6. The second kappa shape index (κ2) is 13.9. The van der Waals surface area contributed by atoms with E-state index in [2.05, 4.69) is 243 Å². The zero-order chi connectivity index (χ0) is 48.7. The maximum atomic E-state index is 2.74. The van der Waals surface area contributed by atoms with Gasteiger partial charge in [0, 0.05) is 54.2 Å². The van der Waals surface area contributed by atoms with Crippen LogP contribution in [0.1, 0.15) is 158 Å². The zero-order valence-corrected chi connectivity index (χ0v) is 44.3. The van der Waals surface area contributed by atoms with Gasteiger partial charge in [-0.25, -0.2) is 0 Å². The Morgan fingerprint density at radius 1 is 0.265 bits per heavy atom. The molecule has 0 unspecified atom stereocenters. The molecule has 0 fully saturated rings. The molecule has 346 valence electrons. The molecule has 0 aliphatic heterocycles. The summed E-state index contributed by atoms with van der Waals surface area (Å²) in [7, 11) is 0. The van der Waals surface area contributed by atoms with Gasteiger partial charge < -0.3 is 8.80 Å². The number of fused-ring (bicyclic) bond motifs is 14. The van der Waals surface area contributed by atoms with Crippen LogP contribution in [0.4, 0.5) is 0 Å². The van der Waals surface area contributed by atoms with Gasteiger partial charge in [-0.15, -0.1) is 0 Å². The Bertz CT molecular complexity index is 3550. The highest BCUT2D eigenvalue weighted by Crippen LogP contribution is 2.56. The molecule has 0 aliphatic carbocycles. The topological polar surface area (TPSA) is 8.82 Å². The molecule has 68 heavy (non-hydrogen) atoms. The smallest absolute Gasteiger partial charge is 0.0635 e. The average molecular weight is 893 g/mol. The molecule has 0 N–H and O–H groups in total. The summed E-state index contributed by atoms with van der Waals surface area (Å²) in [5.74, 6) is 0.